The van der Waals surface area contributed by atoms with Gasteiger partial charge < -0.3 is 9.32 Å². The molecule has 0 aliphatic carbocycles. The maximum absolute atomic E-state index is 6.43. The summed E-state index contributed by atoms with van der Waals surface area (Å²) >= 11 is 0. The van der Waals surface area contributed by atoms with E-state index in [4.69, 9.17) is 9.40 Å². The van der Waals surface area contributed by atoms with Crippen LogP contribution in [0.15, 0.2) is 52.6 Å². The molecule has 4 rings (SSSR count). The first-order valence-electron chi connectivity index (χ1n) is 10.1. The zero-order valence-electron chi connectivity index (χ0n) is 18.1. The van der Waals surface area contributed by atoms with Crippen molar-refractivity contribution in [1.82, 2.24) is 9.88 Å². The van der Waals surface area contributed by atoms with E-state index in [9.17, 15) is 0 Å². The highest BCUT2D eigenvalue weighted by Crippen LogP contribution is 2.42. The molecule has 146 valence electrons. The number of aryl methyl sites for hydroxylation is 1. The minimum atomic E-state index is -0.261. The molecule has 0 N–H and O–H groups in total. The molecule has 0 bridgehead atoms. The van der Waals surface area contributed by atoms with Gasteiger partial charge in [0.25, 0.3) is 0 Å². The molecule has 1 aliphatic rings. The van der Waals surface area contributed by atoms with Crippen molar-refractivity contribution in [1.29, 1.82) is 0 Å². The zero-order valence-corrected chi connectivity index (χ0v) is 18.1. The van der Waals surface area contributed by atoms with E-state index in [0.29, 0.717) is 0 Å². The second kappa shape index (κ2) is 6.23. The first kappa shape index (κ1) is 18.8. The van der Waals surface area contributed by atoms with E-state index >= 15 is 0 Å². The summed E-state index contributed by atoms with van der Waals surface area (Å²) in [6, 6.07) is 8.66. The molecule has 0 amide bonds. The van der Waals surface area contributed by atoms with Crippen LogP contribution in [0.25, 0.3) is 22.1 Å². The molecule has 3 nitrogen and oxygen atoms in total. The molecular weight excluding hydrogens is 344 g/mol. The van der Waals surface area contributed by atoms with Gasteiger partial charge in [-0.1, -0.05) is 52.0 Å². The number of furan rings is 1. The predicted octanol–water partition coefficient (Wildman–Crippen LogP) is 6.60. The summed E-state index contributed by atoms with van der Waals surface area (Å²) in [6.07, 6.45) is 7.83. The molecular formula is C25H30N2O. The molecule has 0 saturated carbocycles. The molecule has 2 aromatic heterocycles. The number of hydrogen-bond donors (Lipinski definition) is 0. The lowest BCUT2D eigenvalue weighted by Gasteiger charge is -2.40. The van der Waals surface area contributed by atoms with Gasteiger partial charge in [-0.05, 0) is 43.5 Å². The Morgan fingerprint density at radius 3 is 2.46 bits per heavy atom. The number of likely N-dealkylation sites (N-methyl/N-ethyl adjacent to an activating group) is 1. The van der Waals surface area contributed by atoms with Gasteiger partial charge in [-0.2, -0.15) is 0 Å². The summed E-state index contributed by atoms with van der Waals surface area (Å²) in [5.41, 5.74) is 6.24. The van der Waals surface area contributed by atoms with Gasteiger partial charge in [-0.15, -0.1) is 0 Å². The molecule has 1 atom stereocenters. The maximum Gasteiger partial charge on any atom is 0.227 e. The number of allylic oxidation sites excluding steroid dienone is 2. The number of pyridine rings is 1. The fourth-order valence-electron chi connectivity index (χ4n) is 4.15. The van der Waals surface area contributed by atoms with Crippen molar-refractivity contribution in [2.24, 2.45) is 0 Å². The van der Waals surface area contributed by atoms with Crippen molar-refractivity contribution in [2.45, 2.75) is 58.9 Å². The van der Waals surface area contributed by atoms with E-state index in [-0.39, 0.29) is 11.0 Å². The monoisotopic (exact) mass is 374 g/mol. The molecule has 3 heterocycles. The highest BCUT2D eigenvalue weighted by Gasteiger charge is 2.34. The molecule has 1 aliphatic heterocycles. The van der Waals surface area contributed by atoms with Gasteiger partial charge in [0.05, 0.1) is 5.54 Å². The Hall–Kier alpha value is -2.55. The van der Waals surface area contributed by atoms with Crippen LogP contribution in [0.5, 0.6) is 0 Å². The second-order valence-electron chi connectivity index (χ2n) is 9.18. The smallest absolute Gasteiger partial charge is 0.227 e. The van der Waals surface area contributed by atoms with Crippen molar-refractivity contribution in [3.05, 3.63) is 65.0 Å². The van der Waals surface area contributed by atoms with E-state index in [1.165, 1.54) is 16.7 Å². The summed E-state index contributed by atoms with van der Waals surface area (Å²) < 4.78 is 6.43. The van der Waals surface area contributed by atoms with Crippen LogP contribution in [0.4, 0.5) is 0 Å². The molecule has 0 saturated heterocycles. The Labute approximate surface area is 167 Å². The van der Waals surface area contributed by atoms with E-state index in [1.807, 2.05) is 0 Å². The molecule has 1 aromatic carbocycles. The van der Waals surface area contributed by atoms with Gasteiger partial charge >= 0.3 is 0 Å². The topological polar surface area (TPSA) is 29.3 Å². The van der Waals surface area contributed by atoms with Crippen LogP contribution in [0.2, 0.25) is 0 Å². The van der Waals surface area contributed by atoms with Crippen LogP contribution >= 0.6 is 0 Å². The minimum absolute atomic E-state index is 0.00837. The van der Waals surface area contributed by atoms with Gasteiger partial charge in [-0.3, -0.25) is 0 Å². The van der Waals surface area contributed by atoms with Gasteiger partial charge in [0, 0.05) is 40.7 Å². The molecule has 0 radical (unpaired) electrons. The van der Waals surface area contributed by atoms with Gasteiger partial charge in [0.1, 0.15) is 5.58 Å². The summed E-state index contributed by atoms with van der Waals surface area (Å²) in [6.45, 7) is 13.2. The number of nitrogens with zero attached hydrogens (tertiary/aromatic N) is 2. The standard InChI is InChI=1S/C25H30N2O/c1-8-17-13-14-25(6,27(7)15-17)21-16(2)9-10-18-19-11-12-20(24(3,4)5)26-23(19)28-22(18)21/h9-15H,8H2,1-7H3. The highest BCUT2D eigenvalue weighted by molar-refractivity contribution is 6.05. The third-order valence-electron chi connectivity index (χ3n) is 6.11. The first-order chi connectivity index (χ1) is 13.1. The minimum Gasteiger partial charge on any atom is -0.437 e. The first-order valence-corrected chi connectivity index (χ1v) is 10.1. The lowest BCUT2D eigenvalue weighted by Crippen LogP contribution is -2.38. The van der Waals surface area contributed by atoms with Gasteiger partial charge in [-0.25, -0.2) is 4.98 Å². The van der Waals surface area contributed by atoms with Crippen LogP contribution in [0.1, 0.15) is 57.9 Å². The number of rotatable bonds is 2. The van der Waals surface area contributed by atoms with Crippen molar-refractivity contribution in [3.8, 4) is 0 Å². The lowest BCUT2D eigenvalue weighted by molar-refractivity contribution is 0.258. The quantitative estimate of drug-likeness (QED) is 0.506. The van der Waals surface area contributed by atoms with Crippen molar-refractivity contribution < 1.29 is 4.42 Å². The second-order valence-corrected chi connectivity index (χ2v) is 9.18. The molecule has 0 spiro atoms. The number of benzene rings is 1. The Balaban J connectivity index is 1.98. The highest BCUT2D eigenvalue weighted by atomic mass is 16.3. The normalized spacial score (nSPS) is 20.2. The molecule has 3 heteroatoms. The molecule has 1 unspecified atom stereocenters. The average Bonchev–Trinajstić information content (AvgIpc) is 3.00. The Morgan fingerprint density at radius 1 is 1.11 bits per heavy atom. The summed E-state index contributed by atoms with van der Waals surface area (Å²) in [5.74, 6) is 0. The SMILES string of the molecule is CCC1=CN(C)C(C)(c2c(C)ccc3c2oc2nc(C(C)(C)C)ccc23)C=C1. The molecule has 28 heavy (non-hydrogen) atoms. The van der Waals surface area contributed by atoms with E-state index in [2.05, 4.69) is 96.1 Å². The largest absolute Gasteiger partial charge is 0.437 e. The van der Waals surface area contributed by atoms with Crippen molar-refractivity contribution in [2.75, 3.05) is 7.05 Å². The molecule has 3 aromatic rings. The Kier molecular flexibility index (Phi) is 4.18. The van der Waals surface area contributed by atoms with E-state index in [1.54, 1.807) is 0 Å². The van der Waals surface area contributed by atoms with Gasteiger partial charge in [0.15, 0.2) is 0 Å². The number of aromatic nitrogens is 1. The average molecular weight is 375 g/mol. The zero-order chi connectivity index (χ0) is 20.3. The predicted molar refractivity (Wildman–Crippen MR) is 118 cm³/mol. The van der Waals surface area contributed by atoms with Crippen LogP contribution in [-0.4, -0.2) is 16.9 Å². The Bertz CT molecular complexity index is 1130. The summed E-state index contributed by atoms with van der Waals surface area (Å²) in [7, 11) is 2.15. The van der Waals surface area contributed by atoms with Crippen LogP contribution < -0.4 is 0 Å². The lowest BCUT2D eigenvalue weighted by atomic mass is 9.83. The maximum atomic E-state index is 6.43. The third-order valence-corrected chi connectivity index (χ3v) is 6.11. The third kappa shape index (κ3) is 2.76. The summed E-state index contributed by atoms with van der Waals surface area (Å²) in [5, 5.41) is 2.22. The number of fused-ring (bicyclic) bond motifs is 3. The Morgan fingerprint density at radius 2 is 1.82 bits per heavy atom. The fourth-order valence-corrected chi connectivity index (χ4v) is 4.15. The van der Waals surface area contributed by atoms with Crippen LogP contribution in [0, 0.1) is 6.92 Å². The van der Waals surface area contributed by atoms with Crippen molar-refractivity contribution in [3.63, 3.8) is 0 Å². The van der Waals surface area contributed by atoms with Crippen LogP contribution in [0.3, 0.4) is 0 Å². The summed E-state index contributed by atoms with van der Waals surface area (Å²) in [4.78, 5) is 7.16. The van der Waals surface area contributed by atoms with E-state index in [0.717, 1.165) is 34.2 Å². The molecule has 0 fully saturated rings. The van der Waals surface area contributed by atoms with Gasteiger partial charge in [0.2, 0.25) is 5.71 Å². The van der Waals surface area contributed by atoms with E-state index < -0.39 is 0 Å². The van der Waals surface area contributed by atoms with Crippen molar-refractivity contribution >= 4 is 22.1 Å². The fraction of sp³-hybridized carbons (Fsp3) is 0.400. The number of hydrogen-bond acceptors (Lipinski definition) is 3. The van der Waals surface area contributed by atoms with Crippen LogP contribution in [-0.2, 0) is 11.0 Å².